The lowest BCUT2D eigenvalue weighted by Crippen LogP contribution is -2.45. The number of amides is 2. The van der Waals surface area contributed by atoms with Crippen LogP contribution in [0, 0.1) is 0 Å². The summed E-state index contributed by atoms with van der Waals surface area (Å²) in [7, 11) is 0. The van der Waals surface area contributed by atoms with Gasteiger partial charge >= 0.3 is 0 Å². The fourth-order valence-electron chi connectivity index (χ4n) is 2.93. The molecule has 1 aliphatic heterocycles. The van der Waals surface area contributed by atoms with Crippen LogP contribution >= 0.6 is 22.9 Å². The van der Waals surface area contributed by atoms with Gasteiger partial charge in [0, 0.05) is 16.4 Å². The summed E-state index contributed by atoms with van der Waals surface area (Å²) in [5.41, 5.74) is 2.17. The van der Waals surface area contributed by atoms with E-state index in [1.807, 2.05) is 29.2 Å². The molecule has 6 heteroatoms. The lowest BCUT2D eigenvalue weighted by atomic mass is 9.93. The summed E-state index contributed by atoms with van der Waals surface area (Å²) in [5, 5.41) is 5.28. The topological polar surface area (TPSA) is 49.4 Å². The smallest absolute Gasteiger partial charge is 0.243 e. The summed E-state index contributed by atoms with van der Waals surface area (Å²) in [5.74, 6) is -0.457. The Labute approximate surface area is 149 Å². The fraction of sp³-hybridized carbons (Fsp3) is 0.222. The number of carbonyl (C=O) groups is 2. The number of halogens is 1. The summed E-state index contributed by atoms with van der Waals surface area (Å²) < 4.78 is 0. The van der Waals surface area contributed by atoms with Gasteiger partial charge < -0.3 is 10.2 Å². The number of nitrogens with one attached hydrogen (secondary N) is 1. The molecule has 1 N–H and O–H groups in total. The van der Waals surface area contributed by atoms with E-state index in [2.05, 4.69) is 23.3 Å². The molecule has 1 aliphatic rings. The molecular formula is C18H17ClN2O2S. The van der Waals surface area contributed by atoms with Crippen LogP contribution in [-0.2, 0) is 16.0 Å². The van der Waals surface area contributed by atoms with Crippen LogP contribution in [0.2, 0.25) is 5.02 Å². The van der Waals surface area contributed by atoms with E-state index in [4.69, 9.17) is 11.6 Å². The van der Waals surface area contributed by atoms with Gasteiger partial charge in [-0.25, -0.2) is 0 Å². The zero-order valence-corrected chi connectivity index (χ0v) is 14.6. The van der Waals surface area contributed by atoms with Gasteiger partial charge in [-0.2, -0.15) is 0 Å². The molecule has 0 fully saturated rings. The van der Waals surface area contributed by atoms with Crippen molar-refractivity contribution in [3.8, 4) is 0 Å². The van der Waals surface area contributed by atoms with Crippen molar-refractivity contribution in [2.24, 2.45) is 0 Å². The predicted molar refractivity (Wildman–Crippen MR) is 96.2 cm³/mol. The van der Waals surface area contributed by atoms with E-state index in [0.717, 1.165) is 23.6 Å². The van der Waals surface area contributed by atoms with Crippen molar-refractivity contribution in [3.63, 3.8) is 0 Å². The molecule has 0 aliphatic carbocycles. The highest BCUT2D eigenvalue weighted by Gasteiger charge is 2.32. The van der Waals surface area contributed by atoms with Gasteiger partial charge in [-0.1, -0.05) is 30.3 Å². The monoisotopic (exact) mass is 360 g/mol. The Hall–Kier alpha value is -2.11. The number of hydrogen-bond acceptors (Lipinski definition) is 3. The second-order valence-electron chi connectivity index (χ2n) is 5.51. The first-order valence-corrected chi connectivity index (χ1v) is 8.87. The maximum Gasteiger partial charge on any atom is 0.243 e. The first-order valence-electron chi connectivity index (χ1n) is 7.61. The summed E-state index contributed by atoms with van der Waals surface area (Å²) in [6, 6.07) is 9.48. The summed E-state index contributed by atoms with van der Waals surface area (Å²) in [4.78, 5) is 27.1. The standard InChI is InChI=1S/C18H17ClN2O2S/c1-2-16(22)20-11-17(23)21-9-7-15-14(8-10-24-15)18(21)12-3-5-13(19)6-4-12/h2-6,8,10,18H,1,7,9,11H2,(H,20,22). The van der Waals surface area contributed by atoms with Crippen LogP contribution in [0.5, 0.6) is 0 Å². The molecule has 24 heavy (non-hydrogen) atoms. The minimum absolute atomic E-state index is 0.0333. The van der Waals surface area contributed by atoms with E-state index >= 15 is 0 Å². The number of carbonyl (C=O) groups excluding carboxylic acids is 2. The maximum atomic E-state index is 12.7. The van der Waals surface area contributed by atoms with Crippen LogP contribution < -0.4 is 5.32 Å². The molecular weight excluding hydrogens is 344 g/mol. The SMILES string of the molecule is C=CC(=O)NCC(=O)N1CCc2sccc2C1c1ccc(Cl)cc1. The lowest BCUT2D eigenvalue weighted by molar-refractivity contribution is -0.133. The molecule has 1 aromatic heterocycles. The Bertz CT molecular complexity index is 770. The summed E-state index contributed by atoms with van der Waals surface area (Å²) in [6.07, 6.45) is 2.00. The minimum Gasteiger partial charge on any atom is -0.343 e. The second-order valence-corrected chi connectivity index (χ2v) is 6.95. The third-order valence-electron chi connectivity index (χ3n) is 4.07. The van der Waals surface area contributed by atoms with Crippen molar-refractivity contribution in [2.75, 3.05) is 13.1 Å². The molecule has 0 saturated heterocycles. The zero-order valence-electron chi connectivity index (χ0n) is 13.0. The molecule has 4 nitrogen and oxygen atoms in total. The molecule has 2 aromatic rings. The highest BCUT2D eigenvalue weighted by Crippen LogP contribution is 2.38. The first-order chi connectivity index (χ1) is 11.6. The van der Waals surface area contributed by atoms with Crippen LogP contribution in [0.3, 0.4) is 0 Å². The van der Waals surface area contributed by atoms with Gasteiger partial charge in [0.05, 0.1) is 12.6 Å². The van der Waals surface area contributed by atoms with Crippen molar-refractivity contribution in [2.45, 2.75) is 12.5 Å². The summed E-state index contributed by atoms with van der Waals surface area (Å²) in [6.45, 7) is 3.99. The first kappa shape index (κ1) is 16.7. The fourth-order valence-corrected chi connectivity index (χ4v) is 3.96. The Kier molecular flexibility index (Phi) is 5.02. The highest BCUT2D eigenvalue weighted by molar-refractivity contribution is 7.10. The number of rotatable bonds is 4. The molecule has 0 radical (unpaired) electrons. The van der Waals surface area contributed by atoms with Gasteiger partial charge in [0.1, 0.15) is 0 Å². The van der Waals surface area contributed by atoms with Gasteiger partial charge in [-0.05, 0) is 47.2 Å². The quantitative estimate of drug-likeness (QED) is 0.851. The number of fused-ring (bicyclic) bond motifs is 1. The van der Waals surface area contributed by atoms with E-state index < -0.39 is 0 Å². The number of nitrogens with zero attached hydrogens (tertiary/aromatic N) is 1. The van der Waals surface area contributed by atoms with Crippen LogP contribution in [-0.4, -0.2) is 29.8 Å². The molecule has 1 unspecified atom stereocenters. The molecule has 1 aromatic carbocycles. The Morgan fingerprint density at radius 1 is 1.33 bits per heavy atom. The largest absolute Gasteiger partial charge is 0.343 e. The van der Waals surface area contributed by atoms with Crippen molar-refractivity contribution < 1.29 is 9.59 Å². The molecule has 124 valence electrons. The van der Waals surface area contributed by atoms with Gasteiger partial charge in [0.2, 0.25) is 11.8 Å². The second kappa shape index (κ2) is 7.20. The number of hydrogen-bond donors (Lipinski definition) is 1. The molecule has 2 amide bonds. The average molecular weight is 361 g/mol. The molecule has 0 saturated carbocycles. The number of benzene rings is 1. The zero-order chi connectivity index (χ0) is 17.1. The third-order valence-corrected chi connectivity index (χ3v) is 5.32. The van der Waals surface area contributed by atoms with Crippen LogP contribution in [0.1, 0.15) is 22.0 Å². The third kappa shape index (κ3) is 3.37. The molecule has 0 bridgehead atoms. The van der Waals surface area contributed by atoms with Crippen molar-refractivity contribution >= 4 is 34.8 Å². The molecule has 3 rings (SSSR count). The predicted octanol–water partition coefficient (Wildman–Crippen LogP) is 3.18. The van der Waals surface area contributed by atoms with Crippen molar-refractivity contribution in [1.29, 1.82) is 0 Å². The normalized spacial score (nSPS) is 16.4. The number of thiophene rings is 1. The minimum atomic E-state index is -0.348. The van der Waals surface area contributed by atoms with Crippen LogP contribution in [0.15, 0.2) is 48.4 Å². The van der Waals surface area contributed by atoms with E-state index in [1.54, 1.807) is 11.3 Å². The van der Waals surface area contributed by atoms with E-state index in [1.165, 1.54) is 4.88 Å². The van der Waals surface area contributed by atoms with Crippen LogP contribution in [0.4, 0.5) is 0 Å². The Balaban J connectivity index is 1.90. The van der Waals surface area contributed by atoms with Crippen molar-refractivity contribution in [1.82, 2.24) is 10.2 Å². The molecule has 0 spiro atoms. The van der Waals surface area contributed by atoms with E-state index in [9.17, 15) is 9.59 Å². The summed E-state index contributed by atoms with van der Waals surface area (Å²) >= 11 is 7.71. The van der Waals surface area contributed by atoms with Crippen molar-refractivity contribution in [3.05, 3.63) is 69.4 Å². The van der Waals surface area contributed by atoms with E-state index in [0.29, 0.717) is 11.6 Å². The van der Waals surface area contributed by atoms with Gasteiger partial charge in [-0.3, -0.25) is 9.59 Å². The highest BCUT2D eigenvalue weighted by atomic mass is 35.5. The van der Waals surface area contributed by atoms with Crippen LogP contribution in [0.25, 0.3) is 0 Å². The maximum absolute atomic E-state index is 12.7. The van der Waals surface area contributed by atoms with E-state index in [-0.39, 0.29) is 24.4 Å². The molecule has 2 heterocycles. The van der Waals surface area contributed by atoms with Gasteiger partial charge in [0.15, 0.2) is 0 Å². The average Bonchev–Trinajstić information content (AvgIpc) is 3.08. The lowest BCUT2D eigenvalue weighted by Gasteiger charge is -2.36. The molecule has 1 atom stereocenters. The Morgan fingerprint density at radius 3 is 2.79 bits per heavy atom. The van der Waals surface area contributed by atoms with Gasteiger partial charge in [0.25, 0.3) is 0 Å². The van der Waals surface area contributed by atoms with Gasteiger partial charge in [-0.15, -0.1) is 11.3 Å². The Morgan fingerprint density at radius 2 is 2.08 bits per heavy atom.